The van der Waals surface area contributed by atoms with Crippen LogP contribution < -0.4 is 5.73 Å². The van der Waals surface area contributed by atoms with Crippen LogP contribution in [0.5, 0.6) is 0 Å². The number of benzene rings is 1. The normalized spacial score (nSPS) is 14.4. The molecule has 0 aliphatic carbocycles. The third kappa shape index (κ3) is 3.30. The first kappa shape index (κ1) is 12.6. The van der Waals surface area contributed by atoms with E-state index in [9.17, 15) is 9.90 Å². The molecule has 2 unspecified atom stereocenters. The van der Waals surface area contributed by atoms with Crippen molar-refractivity contribution < 1.29 is 20.1 Å². The number of aliphatic hydroxyl groups excluding tert-OH is 2. The molecule has 0 aliphatic rings. The van der Waals surface area contributed by atoms with Gasteiger partial charge in [0, 0.05) is 0 Å². The van der Waals surface area contributed by atoms with Crippen LogP contribution in [0.25, 0.3) is 0 Å². The summed E-state index contributed by atoms with van der Waals surface area (Å²) in [6.07, 6.45) is -0.748. The van der Waals surface area contributed by atoms with Crippen molar-refractivity contribution >= 4 is 5.97 Å². The van der Waals surface area contributed by atoms with Crippen molar-refractivity contribution in [3.8, 4) is 0 Å². The molecule has 1 aromatic rings. The molecule has 1 rings (SSSR count). The monoisotopic (exact) mass is 225 g/mol. The van der Waals surface area contributed by atoms with Gasteiger partial charge in [0.2, 0.25) is 0 Å². The fourth-order valence-electron chi connectivity index (χ4n) is 1.37. The number of aliphatic hydroxyl groups is 2. The minimum absolute atomic E-state index is 0.196. The number of rotatable bonds is 5. The number of nitrogens with two attached hydrogens (primary N) is 1. The predicted molar refractivity (Wildman–Crippen MR) is 57.8 cm³/mol. The van der Waals surface area contributed by atoms with Crippen LogP contribution >= 0.6 is 0 Å². The summed E-state index contributed by atoms with van der Waals surface area (Å²) in [6, 6.07) is 5.77. The quantitative estimate of drug-likeness (QED) is 0.549. The van der Waals surface area contributed by atoms with E-state index in [2.05, 4.69) is 0 Å². The Morgan fingerprint density at radius 3 is 2.69 bits per heavy atom. The van der Waals surface area contributed by atoms with Crippen LogP contribution in [-0.2, 0) is 11.2 Å². The third-order valence-corrected chi connectivity index (χ3v) is 2.28. The van der Waals surface area contributed by atoms with Gasteiger partial charge in [0.25, 0.3) is 0 Å². The molecule has 0 amide bonds. The van der Waals surface area contributed by atoms with Crippen molar-refractivity contribution in [3.05, 3.63) is 35.4 Å². The lowest BCUT2D eigenvalue weighted by atomic mass is 10.0. The molecule has 0 aliphatic heterocycles. The van der Waals surface area contributed by atoms with Crippen LogP contribution in [0.2, 0.25) is 0 Å². The maximum Gasteiger partial charge on any atom is 0.320 e. The van der Waals surface area contributed by atoms with Crippen LogP contribution in [-0.4, -0.2) is 33.9 Å². The standard InChI is InChI=1S/C11H15NO4/c12-9(11(15)16)5-7-2-1-3-8(4-7)10(14)6-13/h1-4,9-10,13-14H,5-6,12H2,(H,15,16). The molecule has 0 bridgehead atoms. The Labute approximate surface area is 93.1 Å². The molecule has 5 nitrogen and oxygen atoms in total. The molecule has 0 saturated carbocycles. The zero-order valence-corrected chi connectivity index (χ0v) is 8.71. The van der Waals surface area contributed by atoms with Crippen LogP contribution in [0.1, 0.15) is 17.2 Å². The van der Waals surface area contributed by atoms with Gasteiger partial charge in [-0.15, -0.1) is 0 Å². The van der Waals surface area contributed by atoms with E-state index < -0.39 is 18.1 Å². The van der Waals surface area contributed by atoms with E-state index >= 15 is 0 Å². The van der Waals surface area contributed by atoms with Gasteiger partial charge in [-0.2, -0.15) is 0 Å². The highest BCUT2D eigenvalue weighted by molar-refractivity contribution is 5.73. The lowest BCUT2D eigenvalue weighted by Gasteiger charge is -2.11. The van der Waals surface area contributed by atoms with Gasteiger partial charge in [-0.1, -0.05) is 24.3 Å². The van der Waals surface area contributed by atoms with Gasteiger partial charge in [0.15, 0.2) is 0 Å². The number of carbonyl (C=O) groups is 1. The van der Waals surface area contributed by atoms with Crippen molar-refractivity contribution in [2.24, 2.45) is 5.73 Å². The van der Waals surface area contributed by atoms with E-state index in [-0.39, 0.29) is 13.0 Å². The van der Waals surface area contributed by atoms with Crippen molar-refractivity contribution in [3.63, 3.8) is 0 Å². The molecule has 0 saturated heterocycles. The Kier molecular flexibility index (Phi) is 4.42. The van der Waals surface area contributed by atoms with Crippen LogP contribution in [0, 0.1) is 0 Å². The number of aliphatic carboxylic acids is 1. The first-order chi connectivity index (χ1) is 7.54. The molecule has 0 heterocycles. The zero-order chi connectivity index (χ0) is 12.1. The fourth-order valence-corrected chi connectivity index (χ4v) is 1.37. The summed E-state index contributed by atoms with van der Waals surface area (Å²) in [5, 5.41) is 26.8. The molecule has 88 valence electrons. The molecule has 0 spiro atoms. The van der Waals surface area contributed by atoms with Crippen LogP contribution in [0.3, 0.4) is 0 Å². The van der Waals surface area contributed by atoms with Gasteiger partial charge in [-0.05, 0) is 17.5 Å². The summed E-state index contributed by atoms with van der Waals surface area (Å²) in [5.74, 6) is -1.06. The lowest BCUT2D eigenvalue weighted by molar-refractivity contribution is -0.138. The fraction of sp³-hybridized carbons (Fsp3) is 0.364. The first-order valence-corrected chi connectivity index (χ1v) is 4.90. The van der Waals surface area contributed by atoms with Crippen LogP contribution in [0.4, 0.5) is 0 Å². The maximum absolute atomic E-state index is 10.6. The zero-order valence-electron chi connectivity index (χ0n) is 8.71. The molecular formula is C11H15NO4. The second kappa shape index (κ2) is 5.60. The number of carboxylic acid groups (broad SMARTS) is 1. The van der Waals surface area contributed by atoms with Gasteiger partial charge in [0.05, 0.1) is 6.61 Å². The Hall–Kier alpha value is -1.43. The Balaban J connectivity index is 2.78. The summed E-state index contributed by atoms with van der Waals surface area (Å²) in [6.45, 7) is -0.367. The average molecular weight is 225 g/mol. The highest BCUT2D eigenvalue weighted by atomic mass is 16.4. The van der Waals surface area contributed by atoms with Crippen LogP contribution in [0.15, 0.2) is 24.3 Å². The minimum atomic E-state index is -1.06. The highest BCUT2D eigenvalue weighted by Gasteiger charge is 2.13. The largest absolute Gasteiger partial charge is 0.480 e. The Morgan fingerprint density at radius 1 is 1.44 bits per heavy atom. The molecule has 0 aromatic heterocycles. The third-order valence-electron chi connectivity index (χ3n) is 2.28. The topological polar surface area (TPSA) is 104 Å². The molecule has 1 aromatic carbocycles. The van der Waals surface area contributed by atoms with Crippen molar-refractivity contribution in [1.82, 2.24) is 0 Å². The highest BCUT2D eigenvalue weighted by Crippen LogP contribution is 2.14. The average Bonchev–Trinajstić information content (AvgIpc) is 2.28. The van der Waals surface area contributed by atoms with Gasteiger partial charge in [0.1, 0.15) is 12.1 Å². The lowest BCUT2D eigenvalue weighted by Crippen LogP contribution is -2.32. The van der Waals surface area contributed by atoms with Gasteiger partial charge >= 0.3 is 5.97 Å². The smallest absolute Gasteiger partial charge is 0.320 e. The summed E-state index contributed by atoms with van der Waals surface area (Å²) in [7, 11) is 0. The summed E-state index contributed by atoms with van der Waals surface area (Å²) < 4.78 is 0. The van der Waals surface area contributed by atoms with Crippen molar-refractivity contribution in [2.75, 3.05) is 6.61 Å². The SMILES string of the molecule is NC(Cc1cccc(C(O)CO)c1)C(=O)O. The van der Waals surface area contributed by atoms with E-state index in [1.165, 1.54) is 0 Å². The second-order valence-electron chi connectivity index (χ2n) is 3.59. The van der Waals surface area contributed by atoms with Gasteiger partial charge in [-0.3, -0.25) is 4.79 Å². The van der Waals surface area contributed by atoms with E-state index in [1.54, 1.807) is 24.3 Å². The van der Waals surface area contributed by atoms with Crippen molar-refractivity contribution in [2.45, 2.75) is 18.6 Å². The summed E-state index contributed by atoms with van der Waals surface area (Å²) >= 11 is 0. The van der Waals surface area contributed by atoms with Gasteiger partial charge < -0.3 is 21.1 Å². The maximum atomic E-state index is 10.6. The van der Waals surface area contributed by atoms with E-state index in [4.69, 9.17) is 15.9 Å². The van der Waals surface area contributed by atoms with E-state index in [0.717, 1.165) is 5.56 Å². The molecule has 2 atom stereocenters. The molecule has 16 heavy (non-hydrogen) atoms. The minimum Gasteiger partial charge on any atom is -0.480 e. The van der Waals surface area contributed by atoms with E-state index in [1.807, 2.05) is 0 Å². The Morgan fingerprint density at radius 2 is 2.12 bits per heavy atom. The van der Waals surface area contributed by atoms with E-state index in [0.29, 0.717) is 5.56 Å². The molecule has 5 heteroatoms. The van der Waals surface area contributed by atoms with Crippen molar-refractivity contribution in [1.29, 1.82) is 0 Å². The molecular weight excluding hydrogens is 210 g/mol. The predicted octanol–water partition coefficient (Wildman–Crippen LogP) is -0.333. The number of hydrogen-bond acceptors (Lipinski definition) is 4. The summed E-state index contributed by atoms with van der Waals surface area (Å²) in [5.41, 5.74) is 6.67. The van der Waals surface area contributed by atoms with Gasteiger partial charge in [-0.25, -0.2) is 0 Å². The molecule has 5 N–H and O–H groups in total. The number of carboxylic acids is 1. The summed E-state index contributed by atoms with van der Waals surface area (Å²) in [4.78, 5) is 10.6. The molecule has 0 fully saturated rings. The number of hydrogen-bond donors (Lipinski definition) is 4. The second-order valence-corrected chi connectivity index (χ2v) is 3.59. The molecule has 0 radical (unpaired) electrons. The first-order valence-electron chi connectivity index (χ1n) is 4.90. The Bertz CT molecular complexity index is 367.